The number of hydrogen-bond donors (Lipinski definition) is 2. The Hall–Kier alpha value is -5.29. The molecule has 0 radical (unpaired) electrons. The minimum Gasteiger partial charge on any atom is -0.469 e. The number of carbonyl (C=O) groups is 5. The van der Waals surface area contributed by atoms with Crippen molar-refractivity contribution in [1.82, 2.24) is 4.90 Å². The largest absolute Gasteiger partial charge is 0.469 e. The maximum absolute atomic E-state index is 13.9. The number of rotatable bonds is 12. The van der Waals surface area contributed by atoms with Gasteiger partial charge in [-0.3, -0.25) is 19.2 Å². The molecule has 1 fully saturated rings. The van der Waals surface area contributed by atoms with E-state index in [4.69, 9.17) is 9.47 Å². The van der Waals surface area contributed by atoms with E-state index in [1.54, 1.807) is 31.2 Å². The zero-order chi connectivity index (χ0) is 38.2. The van der Waals surface area contributed by atoms with Gasteiger partial charge in [0.2, 0.25) is 5.91 Å². The van der Waals surface area contributed by atoms with Crippen molar-refractivity contribution in [3.8, 4) is 0 Å². The third-order valence-electron chi connectivity index (χ3n) is 10.5. The van der Waals surface area contributed by atoms with Crippen LogP contribution in [-0.4, -0.2) is 54.8 Å². The first-order chi connectivity index (χ1) is 26.1. The Bertz CT molecular complexity index is 2000. The maximum atomic E-state index is 13.9. The molecule has 2 N–H and O–H groups in total. The van der Waals surface area contributed by atoms with Gasteiger partial charge in [-0.15, -0.1) is 11.3 Å². The molecule has 4 aromatic rings. The second kappa shape index (κ2) is 17.7. The molecular formula is C43H47N3O7S. The van der Waals surface area contributed by atoms with Gasteiger partial charge in [0.1, 0.15) is 5.00 Å². The van der Waals surface area contributed by atoms with Gasteiger partial charge in [0.25, 0.3) is 11.8 Å². The van der Waals surface area contributed by atoms with Gasteiger partial charge in [0.15, 0.2) is 0 Å². The van der Waals surface area contributed by atoms with Crippen LogP contribution in [0.15, 0.2) is 72.8 Å². The fourth-order valence-corrected chi connectivity index (χ4v) is 8.81. The van der Waals surface area contributed by atoms with Crippen molar-refractivity contribution < 1.29 is 33.4 Å². The number of aryl methyl sites for hydroxylation is 3. The molecule has 10 nitrogen and oxygen atoms in total. The molecule has 0 bridgehead atoms. The number of hydrogen-bond acceptors (Lipinski definition) is 8. The number of ether oxygens (including phenoxy) is 2. The summed E-state index contributed by atoms with van der Waals surface area (Å²) in [7, 11) is 2.77. The van der Waals surface area contributed by atoms with Crippen molar-refractivity contribution >= 4 is 51.7 Å². The van der Waals surface area contributed by atoms with E-state index in [1.165, 1.54) is 25.6 Å². The number of anilines is 2. The monoisotopic (exact) mass is 749 g/mol. The van der Waals surface area contributed by atoms with E-state index in [1.807, 2.05) is 53.4 Å². The number of fused-ring (bicyclic) bond motifs is 1. The standard InChI is InChI=1S/C43H47N3O7S/c1-27(47)46(35-23-19-32(20-24-35)43(51)53-3)26-30-7-6-8-33(25-30)39(48)45-41-38(36-9-4-5-10-37(36)54-41)40(49)44-34-21-15-29(16-22-34)12-11-28-13-17-31(18-14-28)42(50)52-2/h6-8,13-18,21-22,25,32,35H,4-5,9-12,19-20,23-24,26H2,1-3H3,(H,44,49)(H,45,48). The molecule has 0 aliphatic heterocycles. The summed E-state index contributed by atoms with van der Waals surface area (Å²) in [6.07, 6.45) is 8.05. The maximum Gasteiger partial charge on any atom is 0.337 e. The fourth-order valence-electron chi connectivity index (χ4n) is 7.53. The van der Waals surface area contributed by atoms with Crippen molar-refractivity contribution in [1.29, 1.82) is 0 Å². The average molecular weight is 750 g/mol. The lowest BCUT2D eigenvalue weighted by Crippen LogP contribution is -2.41. The summed E-state index contributed by atoms with van der Waals surface area (Å²) in [5, 5.41) is 6.67. The summed E-state index contributed by atoms with van der Waals surface area (Å²) < 4.78 is 9.70. The molecule has 54 heavy (non-hydrogen) atoms. The van der Waals surface area contributed by atoms with Gasteiger partial charge in [-0.2, -0.15) is 0 Å². The number of methoxy groups -OCH3 is 2. The Kier molecular flexibility index (Phi) is 12.6. The summed E-state index contributed by atoms with van der Waals surface area (Å²) in [4.78, 5) is 67.1. The van der Waals surface area contributed by atoms with Crippen LogP contribution in [0.5, 0.6) is 0 Å². The average Bonchev–Trinajstić information content (AvgIpc) is 3.57. The minimum atomic E-state index is -0.357. The molecule has 0 unspecified atom stereocenters. The zero-order valence-electron chi connectivity index (χ0n) is 31.1. The SMILES string of the molecule is COC(=O)c1ccc(CCc2ccc(NC(=O)c3c(NC(=O)c4cccc(CN(C(C)=O)C5CCC(C(=O)OC)CC5)c4)sc4c3CCCC4)cc2)cc1. The normalized spacial score (nSPS) is 16.4. The van der Waals surface area contributed by atoms with E-state index >= 15 is 0 Å². The zero-order valence-corrected chi connectivity index (χ0v) is 31.9. The van der Waals surface area contributed by atoms with Crippen LogP contribution in [0.1, 0.15) is 104 Å². The highest BCUT2D eigenvalue weighted by Crippen LogP contribution is 2.39. The van der Waals surface area contributed by atoms with Gasteiger partial charge in [-0.25, -0.2) is 4.79 Å². The Morgan fingerprint density at radius 3 is 2.06 bits per heavy atom. The van der Waals surface area contributed by atoms with E-state index in [0.717, 1.165) is 65.7 Å². The fraction of sp³-hybridized carbons (Fsp3) is 0.372. The minimum absolute atomic E-state index is 0.00844. The van der Waals surface area contributed by atoms with Gasteiger partial charge in [-0.05, 0) is 123 Å². The van der Waals surface area contributed by atoms with Crippen molar-refractivity contribution in [2.24, 2.45) is 5.92 Å². The molecule has 282 valence electrons. The molecular weight excluding hydrogens is 703 g/mol. The molecule has 6 rings (SSSR count). The predicted octanol–water partition coefficient (Wildman–Crippen LogP) is 7.78. The highest BCUT2D eigenvalue weighted by molar-refractivity contribution is 7.17. The first-order valence-electron chi connectivity index (χ1n) is 18.6. The molecule has 0 saturated heterocycles. The lowest BCUT2D eigenvalue weighted by Gasteiger charge is -2.36. The quantitative estimate of drug-likeness (QED) is 0.142. The summed E-state index contributed by atoms with van der Waals surface area (Å²) in [6, 6.07) is 22.5. The lowest BCUT2D eigenvalue weighted by atomic mass is 9.85. The first-order valence-corrected chi connectivity index (χ1v) is 19.4. The van der Waals surface area contributed by atoms with E-state index in [2.05, 4.69) is 10.6 Å². The number of esters is 2. The van der Waals surface area contributed by atoms with Gasteiger partial charge < -0.3 is 25.0 Å². The summed E-state index contributed by atoms with van der Waals surface area (Å²) in [6.45, 7) is 1.91. The van der Waals surface area contributed by atoms with E-state index in [0.29, 0.717) is 59.6 Å². The molecule has 3 amide bonds. The Morgan fingerprint density at radius 2 is 1.41 bits per heavy atom. The Morgan fingerprint density at radius 1 is 0.741 bits per heavy atom. The lowest BCUT2D eigenvalue weighted by molar-refractivity contribution is -0.147. The van der Waals surface area contributed by atoms with Gasteiger partial charge in [-0.1, -0.05) is 36.4 Å². The van der Waals surface area contributed by atoms with E-state index in [9.17, 15) is 24.0 Å². The number of amides is 3. The smallest absolute Gasteiger partial charge is 0.337 e. The Balaban J connectivity index is 1.11. The molecule has 0 atom stereocenters. The van der Waals surface area contributed by atoms with Gasteiger partial charge >= 0.3 is 11.9 Å². The number of thiophene rings is 1. The molecule has 2 aliphatic rings. The summed E-state index contributed by atoms with van der Waals surface area (Å²) in [5.74, 6) is -1.31. The highest BCUT2D eigenvalue weighted by atomic mass is 32.1. The van der Waals surface area contributed by atoms with Crippen LogP contribution in [0.4, 0.5) is 10.7 Å². The van der Waals surface area contributed by atoms with E-state index in [-0.39, 0.29) is 41.6 Å². The van der Waals surface area contributed by atoms with Crippen LogP contribution in [0, 0.1) is 5.92 Å². The van der Waals surface area contributed by atoms with Crippen molar-refractivity contribution in [3.05, 3.63) is 117 Å². The molecule has 2 aliphatic carbocycles. The first kappa shape index (κ1) is 38.4. The van der Waals surface area contributed by atoms with Gasteiger partial charge in [0, 0.05) is 35.6 Å². The van der Waals surface area contributed by atoms with Crippen molar-refractivity contribution in [2.75, 3.05) is 24.9 Å². The number of nitrogens with one attached hydrogen (secondary N) is 2. The predicted molar refractivity (Wildman–Crippen MR) is 209 cm³/mol. The third-order valence-corrected chi connectivity index (χ3v) is 11.7. The van der Waals surface area contributed by atoms with Crippen LogP contribution in [0.3, 0.4) is 0 Å². The third kappa shape index (κ3) is 9.25. The topological polar surface area (TPSA) is 131 Å². The second-order valence-corrected chi connectivity index (χ2v) is 15.2. The number of benzene rings is 3. The number of carbonyl (C=O) groups excluding carboxylic acids is 5. The molecule has 0 spiro atoms. The van der Waals surface area contributed by atoms with Crippen LogP contribution in [-0.2, 0) is 51.3 Å². The molecule has 1 aromatic heterocycles. The Labute approximate surface area is 320 Å². The highest BCUT2D eigenvalue weighted by Gasteiger charge is 2.31. The van der Waals surface area contributed by atoms with E-state index < -0.39 is 0 Å². The molecule has 3 aromatic carbocycles. The summed E-state index contributed by atoms with van der Waals surface area (Å²) >= 11 is 1.47. The van der Waals surface area contributed by atoms with Crippen LogP contribution >= 0.6 is 11.3 Å². The molecule has 1 heterocycles. The van der Waals surface area contributed by atoms with Crippen molar-refractivity contribution in [2.45, 2.75) is 83.7 Å². The second-order valence-electron chi connectivity index (χ2n) is 14.1. The molecule has 11 heteroatoms. The van der Waals surface area contributed by atoms with Crippen molar-refractivity contribution in [3.63, 3.8) is 0 Å². The summed E-state index contributed by atoms with van der Waals surface area (Å²) in [5.41, 5.74) is 6.20. The van der Waals surface area contributed by atoms with Crippen LogP contribution in [0.25, 0.3) is 0 Å². The van der Waals surface area contributed by atoms with Crippen LogP contribution in [0.2, 0.25) is 0 Å². The molecule has 1 saturated carbocycles. The van der Waals surface area contributed by atoms with Gasteiger partial charge in [0.05, 0.1) is 31.3 Å². The number of nitrogens with zero attached hydrogens (tertiary/aromatic N) is 1. The van der Waals surface area contributed by atoms with Crippen LogP contribution < -0.4 is 10.6 Å².